The topological polar surface area (TPSA) is 62.5 Å². The van der Waals surface area contributed by atoms with Crippen LogP contribution in [0.4, 0.5) is 19.0 Å². The van der Waals surface area contributed by atoms with Crippen LogP contribution in [0.2, 0.25) is 0 Å². The van der Waals surface area contributed by atoms with Crippen LogP contribution in [0, 0.1) is 17.8 Å². The molecule has 1 aromatic rings. The predicted molar refractivity (Wildman–Crippen MR) is 102 cm³/mol. The number of primary amides is 1. The number of likely N-dealkylation sites (N-methyl/N-ethyl adjacent to an activating group) is 1. The third kappa shape index (κ3) is 4.26. The molecular formula is C20H29F3N4O. The number of nitrogens with zero attached hydrogens (tertiary/aromatic N) is 3. The number of carbonyl (C=O) groups excluding carboxylic acids is 1. The zero-order valence-electron chi connectivity index (χ0n) is 16.6. The van der Waals surface area contributed by atoms with Gasteiger partial charge in [-0.15, -0.1) is 0 Å². The molecule has 4 atom stereocenters. The van der Waals surface area contributed by atoms with Gasteiger partial charge in [-0.2, -0.15) is 13.2 Å². The fourth-order valence-electron chi connectivity index (χ4n) is 4.85. The summed E-state index contributed by atoms with van der Waals surface area (Å²) in [4.78, 5) is 19.9. The van der Waals surface area contributed by atoms with Crippen molar-refractivity contribution in [2.24, 2.45) is 23.5 Å². The first-order chi connectivity index (χ1) is 13.1. The molecule has 0 aromatic carbocycles. The molecule has 1 aliphatic carbocycles. The van der Waals surface area contributed by atoms with Gasteiger partial charge in [0.05, 0.1) is 6.04 Å². The Bertz CT molecular complexity index is 709. The van der Waals surface area contributed by atoms with Crippen LogP contribution >= 0.6 is 0 Å². The molecule has 2 heterocycles. The first kappa shape index (κ1) is 20.9. The lowest BCUT2D eigenvalue weighted by Gasteiger charge is -2.35. The first-order valence-electron chi connectivity index (χ1n) is 9.88. The Hall–Kier alpha value is -1.83. The van der Waals surface area contributed by atoms with Crippen molar-refractivity contribution >= 4 is 11.7 Å². The maximum absolute atomic E-state index is 13.0. The summed E-state index contributed by atoms with van der Waals surface area (Å²) in [5, 5.41) is 0. The lowest BCUT2D eigenvalue weighted by Crippen LogP contribution is -2.50. The van der Waals surface area contributed by atoms with E-state index in [-0.39, 0.29) is 18.0 Å². The van der Waals surface area contributed by atoms with Crippen LogP contribution in [0.3, 0.4) is 0 Å². The molecule has 156 valence electrons. The molecule has 0 spiro atoms. The molecule has 0 unspecified atom stereocenters. The Morgan fingerprint density at radius 3 is 2.64 bits per heavy atom. The molecule has 1 aliphatic heterocycles. The molecule has 1 saturated carbocycles. The number of anilines is 1. The maximum Gasteiger partial charge on any atom is 0.433 e. The molecule has 28 heavy (non-hydrogen) atoms. The number of carbonyl (C=O) groups is 1. The zero-order valence-corrected chi connectivity index (χ0v) is 16.6. The largest absolute Gasteiger partial charge is 0.433 e. The van der Waals surface area contributed by atoms with E-state index in [9.17, 15) is 18.0 Å². The molecule has 5 nitrogen and oxygen atoms in total. The normalized spacial score (nSPS) is 26.1. The van der Waals surface area contributed by atoms with Gasteiger partial charge in [0.25, 0.3) is 0 Å². The highest BCUT2D eigenvalue weighted by atomic mass is 19.4. The van der Waals surface area contributed by atoms with E-state index in [4.69, 9.17) is 5.73 Å². The summed E-state index contributed by atoms with van der Waals surface area (Å²) in [5.74, 6) is 1.12. The van der Waals surface area contributed by atoms with Crippen molar-refractivity contribution in [2.75, 3.05) is 25.0 Å². The number of pyridine rings is 1. The number of rotatable bonds is 6. The van der Waals surface area contributed by atoms with Crippen molar-refractivity contribution in [1.29, 1.82) is 0 Å². The van der Waals surface area contributed by atoms with E-state index in [1.807, 2.05) is 11.9 Å². The number of amides is 1. The van der Waals surface area contributed by atoms with Gasteiger partial charge in [-0.25, -0.2) is 4.98 Å². The van der Waals surface area contributed by atoms with Gasteiger partial charge in [-0.1, -0.05) is 19.9 Å². The van der Waals surface area contributed by atoms with E-state index in [1.165, 1.54) is 6.07 Å². The first-order valence-corrected chi connectivity index (χ1v) is 9.88. The van der Waals surface area contributed by atoms with E-state index in [0.717, 1.165) is 18.9 Å². The summed E-state index contributed by atoms with van der Waals surface area (Å²) in [6.45, 7) is 5.49. The second-order valence-electron chi connectivity index (χ2n) is 8.57. The van der Waals surface area contributed by atoms with Gasteiger partial charge in [0, 0.05) is 19.1 Å². The van der Waals surface area contributed by atoms with Crippen molar-refractivity contribution < 1.29 is 18.0 Å². The average Bonchev–Trinajstić information content (AvgIpc) is 3.18. The number of hydrogen-bond donors (Lipinski definition) is 1. The van der Waals surface area contributed by atoms with Crippen LogP contribution in [0.5, 0.6) is 0 Å². The molecule has 1 amide bonds. The van der Waals surface area contributed by atoms with Crippen LogP contribution < -0.4 is 10.6 Å². The SMILES string of the molecule is CC(C)C[C@@H](C(N)=O)N(C)[C@H]1CC[C@@H]2CN(c3cccc(C(F)(F)F)n3)C[C@@H]21. The van der Waals surface area contributed by atoms with Gasteiger partial charge in [0.2, 0.25) is 5.91 Å². The summed E-state index contributed by atoms with van der Waals surface area (Å²) < 4.78 is 39.0. The van der Waals surface area contributed by atoms with Crippen molar-refractivity contribution in [2.45, 2.75) is 51.4 Å². The maximum atomic E-state index is 13.0. The second kappa shape index (κ2) is 7.89. The molecule has 0 radical (unpaired) electrons. The number of nitrogens with two attached hydrogens (primary N) is 1. The highest BCUT2D eigenvalue weighted by Crippen LogP contribution is 2.42. The van der Waals surface area contributed by atoms with E-state index >= 15 is 0 Å². The van der Waals surface area contributed by atoms with Crippen molar-refractivity contribution in [1.82, 2.24) is 9.88 Å². The molecular weight excluding hydrogens is 369 g/mol. The van der Waals surface area contributed by atoms with E-state index in [1.54, 1.807) is 6.07 Å². The number of hydrogen-bond acceptors (Lipinski definition) is 4. The Morgan fingerprint density at radius 2 is 2.04 bits per heavy atom. The lowest BCUT2D eigenvalue weighted by atomic mass is 9.94. The fourth-order valence-corrected chi connectivity index (χ4v) is 4.85. The Morgan fingerprint density at radius 1 is 1.32 bits per heavy atom. The van der Waals surface area contributed by atoms with Gasteiger partial charge < -0.3 is 10.6 Å². The number of alkyl halides is 3. The number of halogens is 3. The van der Waals surface area contributed by atoms with Gasteiger partial charge in [0.15, 0.2) is 0 Å². The average molecular weight is 398 g/mol. The summed E-state index contributed by atoms with van der Waals surface area (Å²) in [5.41, 5.74) is 4.80. The standard InChI is InChI=1S/C20H29F3N4O/c1-12(2)9-16(19(24)28)26(3)15-8-7-13-10-27(11-14(13)15)18-6-4-5-17(25-18)20(21,22)23/h4-6,12-16H,7-11H2,1-3H3,(H2,24,28)/t13-,14+,15+,16+/m1/s1. The Labute approximate surface area is 164 Å². The predicted octanol–water partition coefficient (Wildman–Crippen LogP) is 3.15. The molecule has 1 saturated heterocycles. The summed E-state index contributed by atoms with van der Waals surface area (Å²) >= 11 is 0. The fraction of sp³-hybridized carbons (Fsp3) is 0.700. The van der Waals surface area contributed by atoms with Crippen molar-refractivity contribution in [3.63, 3.8) is 0 Å². The van der Waals surface area contributed by atoms with Gasteiger partial charge >= 0.3 is 6.18 Å². The third-order valence-corrected chi connectivity index (χ3v) is 6.21. The van der Waals surface area contributed by atoms with Crippen LogP contribution in [-0.2, 0) is 11.0 Å². The summed E-state index contributed by atoms with van der Waals surface area (Å²) in [7, 11) is 1.95. The third-order valence-electron chi connectivity index (χ3n) is 6.21. The highest BCUT2D eigenvalue weighted by molar-refractivity contribution is 5.79. The summed E-state index contributed by atoms with van der Waals surface area (Å²) in [6.07, 6.45) is -1.75. The molecule has 8 heteroatoms. The molecule has 2 fully saturated rings. The number of fused-ring (bicyclic) bond motifs is 1. The Balaban J connectivity index is 1.74. The molecule has 2 N–H and O–H groups in total. The number of aromatic nitrogens is 1. The van der Waals surface area contributed by atoms with Crippen molar-refractivity contribution in [3.8, 4) is 0 Å². The second-order valence-corrected chi connectivity index (χ2v) is 8.57. The van der Waals surface area contributed by atoms with Crippen LogP contribution in [0.25, 0.3) is 0 Å². The van der Waals surface area contributed by atoms with Gasteiger partial charge in [0.1, 0.15) is 11.5 Å². The van der Waals surface area contributed by atoms with E-state index in [2.05, 4.69) is 23.7 Å². The van der Waals surface area contributed by atoms with Crippen LogP contribution in [0.1, 0.15) is 38.8 Å². The monoisotopic (exact) mass is 398 g/mol. The minimum atomic E-state index is -4.44. The zero-order chi connectivity index (χ0) is 20.6. The van der Waals surface area contributed by atoms with E-state index < -0.39 is 11.9 Å². The van der Waals surface area contributed by atoms with E-state index in [0.29, 0.717) is 43.1 Å². The van der Waals surface area contributed by atoms with Crippen LogP contribution in [0.15, 0.2) is 18.2 Å². The quantitative estimate of drug-likeness (QED) is 0.800. The highest BCUT2D eigenvalue weighted by Gasteiger charge is 2.46. The lowest BCUT2D eigenvalue weighted by molar-refractivity contribution is -0.141. The minimum Gasteiger partial charge on any atom is -0.368 e. The molecule has 3 rings (SSSR count). The molecule has 0 bridgehead atoms. The van der Waals surface area contributed by atoms with Crippen molar-refractivity contribution in [3.05, 3.63) is 23.9 Å². The minimum absolute atomic E-state index is 0.206. The molecule has 1 aromatic heterocycles. The smallest absolute Gasteiger partial charge is 0.368 e. The van der Waals surface area contributed by atoms with Gasteiger partial charge in [-0.05, 0) is 56.2 Å². The summed E-state index contributed by atoms with van der Waals surface area (Å²) in [6, 6.07) is 3.94. The molecule has 2 aliphatic rings. The van der Waals surface area contributed by atoms with Crippen LogP contribution in [-0.4, -0.2) is 48.0 Å². The Kier molecular flexibility index (Phi) is 5.89. The van der Waals surface area contributed by atoms with Gasteiger partial charge in [-0.3, -0.25) is 9.69 Å².